The molecular formula is C13H21NO3S. The highest BCUT2D eigenvalue weighted by Gasteiger charge is 2.08. The van der Waals surface area contributed by atoms with E-state index in [1.807, 2.05) is 26.0 Å². The van der Waals surface area contributed by atoms with Gasteiger partial charge in [-0.15, -0.1) is 0 Å². The average Bonchev–Trinajstić information content (AvgIpc) is 2.26. The van der Waals surface area contributed by atoms with Gasteiger partial charge in [0.15, 0.2) is 0 Å². The summed E-state index contributed by atoms with van der Waals surface area (Å²) in [5, 5.41) is 0. The molecule has 0 aliphatic rings. The second kappa shape index (κ2) is 6.09. The summed E-state index contributed by atoms with van der Waals surface area (Å²) in [6.45, 7) is 5.93. The van der Waals surface area contributed by atoms with E-state index in [0.717, 1.165) is 16.9 Å². The first-order chi connectivity index (χ1) is 8.35. The first kappa shape index (κ1) is 14.8. The molecule has 1 rings (SSSR count). The number of nitrogens with two attached hydrogens (primary N) is 1. The molecule has 0 aromatic heterocycles. The first-order valence-corrected chi connectivity index (χ1v) is 7.88. The van der Waals surface area contributed by atoms with Crippen LogP contribution < -0.4 is 10.5 Å². The number of benzene rings is 1. The van der Waals surface area contributed by atoms with E-state index in [4.69, 9.17) is 10.5 Å². The van der Waals surface area contributed by atoms with Crippen molar-refractivity contribution in [2.45, 2.75) is 27.2 Å². The second-order valence-corrected chi connectivity index (χ2v) is 6.89. The van der Waals surface area contributed by atoms with E-state index in [1.165, 1.54) is 0 Å². The Balaban J connectivity index is 2.55. The zero-order valence-corrected chi connectivity index (χ0v) is 12.0. The molecule has 0 saturated heterocycles. The van der Waals surface area contributed by atoms with Gasteiger partial charge in [-0.1, -0.05) is 6.92 Å². The molecule has 0 bridgehead atoms. The third-order valence-electron chi connectivity index (χ3n) is 2.77. The predicted molar refractivity (Wildman–Crippen MR) is 74.8 cm³/mol. The van der Waals surface area contributed by atoms with Gasteiger partial charge in [-0.25, -0.2) is 8.42 Å². The van der Waals surface area contributed by atoms with Gasteiger partial charge in [0.05, 0.1) is 12.4 Å². The largest absolute Gasteiger partial charge is 0.493 e. The molecule has 18 heavy (non-hydrogen) atoms. The quantitative estimate of drug-likeness (QED) is 0.635. The number of aryl methyl sites for hydroxylation is 2. The standard InChI is InChI=1S/C13H21NO3S/c1-4-18(15,16)7-5-6-17-13-10(2)8-12(14)9-11(13)3/h8-9H,4-7,14H2,1-3H3. The lowest BCUT2D eigenvalue weighted by molar-refractivity contribution is 0.313. The summed E-state index contributed by atoms with van der Waals surface area (Å²) in [5.74, 6) is 1.17. The van der Waals surface area contributed by atoms with E-state index >= 15 is 0 Å². The van der Waals surface area contributed by atoms with E-state index in [1.54, 1.807) is 6.92 Å². The van der Waals surface area contributed by atoms with Crippen molar-refractivity contribution in [1.29, 1.82) is 0 Å². The Kier molecular flexibility index (Phi) is 5.02. The van der Waals surface area contributed by atoms with Gasteiger partial charge in [-0.2, -0.15) is 0 Å². The molecule has 0 heterocycles. The maximum atomic E-state index is 11.3. The third kappa shape index (κ3) is 4.22. The molecule has 0 spiro atoms. The number of rotatable bonds is 6. The summed E-state index contributed by atoms with van der Waals surface area (Å²) in [6, 6.07) is 3.70. The molecule has 1 aromatic carbocycles. The minimum absolute atomic E-state index is 0.177. The molecule has 4 nitrogen and oxygen atoms in total. The van der Waals surface area contributed by atoms with Crippen LogP contribution >= 0.6 is 0 Å². The molecule has 0 radical (unpaired) electrons. The normalized spacial score (nSPS) is 11.5. The number of nitrogen functional groups attached to an aromatic ring is 1. The highest BCUT2D eigenvalue weighted by Crippen LogP contribution is 2.25. The summed E-state index contributed by atoms with van der Waals surface area (Å²) in [4.78, 5) is 0. The second-order valence-electron chi connectivity index (χ2n) is 4.42. The van der Waals surface area contributed by atoms with Crippen LogP contribution in [0.3, 0.4) is 0 Å². The monoisotopic (exact) mass is 271 g/mol. The van der Waals surface area contributed by atoms with E-state index in [9.17, 15) is 8.42 Å². The lowest BCUT2D eigenvalue weighted by atomic mass is 10.1. The van der Waals surface area contributed by atoms with E-state index in [0.29, 0.717) is 18.7 Å². The Bertz CT molecular complexity index is 486. The fourth-order valence-electron chi connectivity index (χ4n) is 1.81. The molecular weight excluding hydrogens is 250 g/mol. The number of ether oxygens (including phenoxy) is 1. The van der Waals surface area contributed by atoms with Crippen LogP contribution in [0.15, 0.2) is 12.1 Å². The van der Waals surface area contributed by atoms with Crippen LogP contribution in [0.5, 0.6) is 5.75 Å². The molecule has 2 N–H and O–H groups in total. The minimum atomic E-state index is -2.90. The maximum Gasteiger partial charge on any atom is 0.150 e. The summed E-state index contributed by atoms with van der Waals surface area (Å²) in [6.07, 6.45) is 0.513. The van der Waals surface area contributed by atoms with Crippen molar-refractivity contribution in [2.24, 2.45) is 0 Å². The van der Waals surface area contributed by atoms with Crippen LogP contribution in [0.25, 0.3) is 0 Å². The van der Waals surface area contributed by atoms with Crippen LogP contribution in [0.4, 0.5) is 5.69 Å². The Morgan fingerprint density at radius 2 is 1.78 bits per heavy atom. The van der Waals surface area contributed by atoms with Crippen molar-refractivity contribution >= 4 is 15.5 Å². The summed E-state index contributed by atoms with van der Waals surface area (Å²) >= 11 is 0. The van der Waals surface area contributed by atoms with Crippen molar-refractivity contribution in [1.82, 2.24) is 0 Å². The van der Waals surface area contributed by atoms with E-state index in [-0.39, 0.29) is 11.5 Å². The minimum Gasteiger partial charge on any atom is -0.493 e. The number of anilines is 1. The van der Waals surface area contributed by atoms with Gasteiger partial charge in [0.1, 0.15) is 15.6 Å². The Hall–Kier alpha value is -1.23. The molecule has 0 saturated carbocycles. The summed E-state index contributed by atoms with van der Waals surface area (Å²) in [5.41, 5.74) is 8.39. The molecule has 0 unspecified atom stereocenters. The fourth-order valence-corrected chi connectivity index (χ4v) is 2.66. The summed E-state index contributed by atoms with van der Waals surface area (Å²) in [7, 11) is -2.90. The van der Waals surface area contributed by atoms with Gasteiger partial charge in [-0.05, 0) is 43.5 Å². The van der Waals surface area contributed by atoms with Gasteiger partial charge in [0.2, 0.25) is 0 Å². The maximum absolute atomic E-state index is 11.3. The Morgan fingerprint density at radius 3 is 2.28 bits per heavy atom. The van der Waals surface area contributed by atoms with Crippen molar-refractivity contribution in [3.63, 3.8) is 0 Å². The van der Waals surface area contributed by atoms with Crippen molar-refractivity contribution < 1.29 is 13.2 Å². The van der Waals surface area contributed by atoms with Gasteiger partial charge >= 0.3 is 0 Å². The van der Waals surface area contributed by atoms with Crippen LogP contribution in [0, 0.1) is 13.8 Å². The first-order valence-electron chi connectivity index (χ1n) is 6.05. The molecule has 1 aromatic rings. The highest BCUT2D eigenvalue weighted by atomic mass is 32.2. The van der Waals surface area contributed by atoms with Crippen LogP contribution in [0.1, 0.15) is 24.5 Å². The van der Waals surface area contributed by atoms with Gasteiger partial charge in [0.25, 0.3) is 0 Å². The zero-order chi connectivity index (χ0) is 13.8. The third-order valence-corrected chi connectivity index (χ3v) is 4.56. The molecule has 0 aliphatic heterocycles. The van der Waals surface area contributed by atoms with Crippen molar-refractivity contribution in [3.8, 4) is 5.75 Å². The topological polar surface area (TPSA) is 69.4 Å². The predicted octanol–water partition coefficient (Wildman–Crippen LogP) is 2.09. The number of hydrogen-bond acceptors (Lipinski definition) is 4. The van der Waals surface area contributed by atoms with Crippen LogP contribution in [0.2, 0.25) is 0 Å². The molecule has 0 aliphatic carbocycles. The SMILES string of the molecule is CCS(=O)(=O)CCCOc1c(C)cc(N)cc1C. The number of sulfone groups is 1. The van der Waals surface area contributed by atoms with E-state index in [2.05, 4.69) is 0 Å². The van der Waals surface area contributed by atoms with Crippen LogP contribution in [-0.2, 0) is 9.84 Å². The lowest BCUT2D eigenvalue weighted by Crippen LogP contribution is -2.12. The lowest BCUT2D eigenvalue weighted by Gasteiger charge is -2.12. The Morgan fingerprint density at radius 1 is 1.22 bits per heavy atom. The molecule has 102 valence electrons. The number of hydrogen-bond donors (Lipinski definition) is 1. The van der Waals surface area contributed by atoms with Gasteiger partial charge in [-0.3, -0.25) is 0 Å². The van der Waals surface area contributed by atoms with E-state index < -0.39 is 9.84 Å². The van der Waals surface area contributed by atoms with Crippen molar-refractivity contribution in [2.75, 3.05) is 23.8 Å². The molecule has 0 fully saturated rings. The Labute approximate surface area is 109 Å². The summed E-state index contributed by atoms with van der Waals surface area (Å²) < 4.78 is 28.3. The van der Waals surface area contributed by atoms with Gasteiger partial charge < -0.3 is 10.5 Å². The van der Waals surface area contributed by atoms with Crippen LogP contribution in [-0.4, -0.2) is 26.5 Å². The smallest absolute Gasteiger partial charge is 0.150 e. The molecule has 5 heteroatoms. The molecule has 0 atom stereocenters. The average molecular weight is 271 g/mol. The zero-order valence-electron chi connectivity index (χ0n) is 11.2. The fraction of sp³-hybridized carbons (Fsp3) is 0.538. The van der Waals surface area contributed by atoms with Gasteiger partial charge in [0, 0.05) is 11.4 Å². The van der Waals surface area contributed by atoms with Crippen molar-refractivity contribution in [3.05, 3.63) is 23.3 Å². The molecule has 0 amide bonds. The highest BCUT2D eigenvalue weighted by molar-refractivity contribution is 7.91.